The van der Waals surface area contributed by atoms with Crippen LogP contribution in [0.1, 0.15) is 0 Å². The third kappa shape index (κ3) is 7.24. The van der Waals surface area contributed by atoms with Gasteiger partial charge in [0.15, 0.2) is 0 Å². The average molecular weight is 145 g/mol. The normalized spacial score (nSPS) is 6.57. The zero-order valence-electron chi connectivity index (χ0n) is 3.82. The summed E-state index contributed by atoms with van der Waals surface area (Å²) in [7, 11) is 1.82. The molecule has 0 heterocycles. The van der Waals surface area contributed by atoms with E-state index in [0.29, 0.717) is 0 Å². The Bertz CT molecular complexity index is 50.9. The van der Waals surface area contributed by atoms with Crippen LogP contribution in [0.3, 0.4) is 0 Å². The molecular weight excluding hydrogens is 137 g/mol. The second-order valence-corrected chi connectivity index (χ2v) is 2.22. The Balaban J connectivity index is 0. The van der Waals surface area contributed by atoms with E-state index in [2.05, 4.69) is 5.32 Å². The first kappa shape index (κ1) is 11.1. The van der Waals surface area contributed by atoms with Gasteiger partial charge in [-0.15, -0.1) is 11.8 Å². The molecule has 38 valence electrons. The molecule has 0 radical (unpaired) electrons. The summed E-state index contributed by atoms with van der Waals surface area (Å²) in [4.78, 5) is 0. The van der Waals surface area contributed by atoms with E-state index in [1.165, 1.54) is 0 Å². The van der Waals surface area contributed by atoms with Crippen molar-refractivity contribution in [2.45, 2.75) is 0 Å². The Morgan fingerprint density at radius 1 is 1.71 bits per heavy atom. The molecule has 0 fully saturated rings. The van der Waals surface area contributed by atoms with Gasteiger partial charge in [0.2, 0.25) is 0 Å². The Morgan fingerprint density at radius 3 is 2.14 bits per heavy atom. The zero-order chi connectivity index (χ0) is 4.99. The van der Waals surface area contributed by atoms with Crippen molar-refractivity contribution >= 4 is 57.9 Å². The summed E-state index contributed by atoms with van der Waals surface area (Å²) in [6, 6.07) is 0. The molecule has 0 saturated carbocycles. The molecule has 0 rings (SSSR count). The van der Waals surface area contributed by atoms with Gasteiger partial charge in [-0.3, -0.25) is 0 Å². The van der Waals surface area contributed by atoms with Gasteiger partial charge >= 0.3 is 29.6 Å². The predicted octanol–water partition coefficient (Wildman–Crippen LogP) is 0.205. The molecule has 0 aliphatic carbocycles. The fourth-order valence-electron chi connectivity index (χ4n) is 0.102. The van der Waals surface area contributed by atoms with Crippen molar-refractivity contribution in [2.75, 3.05) is 13.3 Å². The molecule has 0 saturated heterocycles. The Morgan fingerprint density at radius 2 is 2.14 bits per heavy atom. The quantitative estimate of drug-likeness (QED) is 0.386. The van der Waals surface area contributed by atoms with E-state index in [-0.39, 0.29) is 29.6 Å². The molecule has 0 aliphatic rings. The van der Waals surface area contributed by atoms with E-state index in [0.717, 1.165) is 4.32 Å². The van der Waals surface area contributed by atoms with Crippen molar-refractivity contribution in [3.8, 4) is 0 Å². The minimum absolute atomic E-state index is 0. The van der Waals surface area contributed by atoms with Crippen molar-refractivity contribution in [1.29, 1.82) is 0 Å². The van der Waals surface area contributed by atoms with Gasteiger partial charge in [-0.1, -0.05) is 12.2 Å². The molecule has 4 heteroatoms. The van der Waals surface area contributed by atoms with E-state index >= 15 is 0 Å². The van der Waals surface area contributed by atoms with Gasteiger partial charge in [-0.05, 0) is 6.26 Å². The third-order valence-electron chi connectivity index (χ3n) is 0.390. The molecule has 0 unspecified atom stereocenters. The molecule has 0 amide bonds. The third-order valence-corrected chi connectivity index (χ3v) is 1.67. The second-order valence-electron chi connectivity index (χ2n) is 0.742. The summed E-state index contributed by atoms with van der Waals surface area (Å²) >= 11 is 6.25. The summed E-state index contributed by atoms with van der Waals surface area (Å²) in [5, 5.41) is 2.81. The van der Waals surface area contributed by atoms with Gasteiger partial charge in [0.1, 0.15) is 4.32 Å². The van der Waals surface area contributed by atoms with E-state index in [1.54, 1.807) is 11.8 Å². The predicted molar refractivity (Wildman–Crippen MR) is 42.3 cm³/mol. The average Bonchev–Trinajstić information content (AvgIpc) is 1.65. The first-order chi connectivity index (χ1) is 2.81. The maximum atomic E-state index is 4.71. The first-order valence-corrected chi connectivity index (χ1v) is 3.20. The summed E-state index contributed by atoms with van der Waals surface area (Å²) in [6.07, 6.45) is 1.94. The SMILES string of the molecule is CNC(=S)SC.[NaH]. The van der Waals surface area contributed by atoms with E-state index in [9.17, 15) is 0 Å². The van der Waals surface area contributed by atoms with E-state index < -0.39 is 0 Å². The van der Waals surface area contributed by atoms with Crippen LogP contribution in [0.4, 0.5) is 0 Å². The summed E-state index contributed by atoms with van der Waals surface area (Å²) in [5.41, 5.74) is 0. The molecule has 0 aliphatic heterocycles. The molecule has 0 bridgehead atoms. The van der Waals surface area contributed by atoms with Gasteiger partial charge in [-0.25, -0.2) is 0 Å². The molecule has 0 aromatic rings. The maximum absolute atomic E-state index is 4.71. The molecule has 1 N–H and O–H groups in total. The van der Waals surface area contributed by atoms with Crippen molar-refractivity contribution in [2.24, 2.45) is 0 Å². The monoisotopic (exact) mass is 145 g/mol. The fourth-order valence-corrected chi connectivity index (χ4v) is 0.306. The molecule has 1 nitrogen and oxygen atoms in total. The number of thiocarbonyl (C=S) groups is 1. The molecule has 0 aromatic heterocycles. The number of nitrogens with one attached hydrogen (secondary N) is 1. The summed E-state index contributed by atoms with van der Waals surface area (Å²) in [6.45, 7) is 0. The summed E-state index contributed by atoms with van der Waals surface area (Å²) < 4.78 is 0.843. The Kier molecular flexibility index (Phi) is 11.5. The van der Waals surface area contributed by atoms with Crippen molar-refractivity contribution < 1.29 is 0 Å². The molecule has 0 aromatic carbocycles. The van der Waals surface area contributed by atoms with Crippen LogP contribution < -0.4 is 5.32 Å². The summed E-state index contributed by atoms with van der Waals surface area (Å²) in [5.74, 6) is 0. The van der Waals surface area contributed by atoms with Gasteiger partial charge in [0, 0.05) is 7.05 Å². The van der Waals surface area contributed by atoms with Crippen molar-refractivity contribution in [1.82, 2.24) is 5.32 Å². The van der Waals surface area contributed by atoms with Crippen LogP contribution in [0.25, 0.3) is 0 Å². The number of rotatable bonds is 0. The molecule has 7 heavy (non-hydrogen) atoms. The number of thioether (sulfide) groups is 1. The standard InChI is InChI=1S/C3H7NS2.Na.H/c1-4-3(5)6-2;;/h1-2H3,(H,4,5);;. The Labute approximate surface area is 75.9 Å². The van der Waals surface area contributed by atoms with Crippen LogP contribution in [0.15, 0.2) is 0 Å². The van der Waals surface area contributed by atoms with Crippen LogP contribution in [0.5, 0.6) is 0 Å². The Hall–Kier alpha value is 1.24. The minimum atomic E-state index is 0. The second kappa shape index (κ2) is 7.24. The molecule has 0 atom stereocenters. The van der Waals surface area contributed by atoms with Crippen LogP contribution in [-0.2, 0) is 0 Å². The van der Waals surface area contributed by atoms with Crippen molar-refractivity contribution in [3.05, 3.63) is 0 Å². The topological polar surface area (TPSA) is 12.0 Å². The van der Waals surface area contributed by atoms with Gasteiger partial charge in [0.05, 0.1) is 0 Å². The first-order valence-electron chi connectivity index (χ1n) is 1.57. The van der Waals surface area contributed by atoms with Gasteiger partial charge in [-0.2, -0.15) is 0 Å². The van der Waals surface area contributed by atoms with E-state index in [1.807, 2.05) is 13.3 Å². The van der Waals surface area contributed by atoms with Gasteiger partial charge in [0.25, 0.3) is 0 Å². The van der Waals surface area contributed by atoms with Gasteiger partial charge < -0.3 is 5.32 Å². The number of hydrogen-bond acceptors (Lipinski definition) is 2. The van der Waals surface area contributed by atoms with Crippen LogP contribution in [0, 0.1) is 0 Å². The molecule has 0 spiro atoms. The van der Waals surface area contributed by atoms with Crippen LogP contribution in [-0.4, -0.2) is 47.2 Å². The van der Waals surface area contributed by atoms with Crippen LogP contribution in [0.2, 0.25) is 0 Å². The van der Waals surface area contributed by atoms with Crippen molar-refractivity contribution in [3.63, 3.8) is 0 Å². The fraction of sp³-hybridized carbons (Fsp3) is 0.667. The van der Waals surface area contributed by atoms with E-state index in [4.69, 9.17) is 12.2 Å². The van der Waals surface area contributed by atoms with Crippen LogP contribution >= 0.6 is 24.0 Å². The molecular formula is C3H8NNaS2. The zero-order valence-corrected chi connectivity index (χ0v) is 5.45. The number of hydrogen-bond donors (Lipinski definition) is 1.